The van der Waals surface area contributed by atoms with E-state index in [4.69, 9.17) is 4.74 Å². The van der Waals surface area contributed by atoms with Crippen molar-refractivity contribution < 1.29 is 4.74 Å². The Kier molecular flexibility index (Phi) is 3.81. The molecule has 17 heavy (non-hydrogen) atoms. The van der Waals surface area contributed by atoms with Crippen LogP contribution < -0.4 is 10.1 Å². The van der Waals surface area contributed by atoms with Crippen molar-refractivity contribution in [1.82, 2.24) is 15.1 Å². The molecule has 92 valence electrons. The Bertz CT molecular complexity index is 443. The van der Waals surface area contributed by atoms with Crippen molar-refractivity contribution in [1.29, 1.82) is 0 Å². The molecule has 2 aromatic rings. The van der Waals surface area contributed by atoms with Gasteiger partial charge in [0.05, 0.1) is 19.3 Å². The maximum Gasteiger partial charge on any atom is 0.161 e. The van der Waals surface area contributed by atoms with Crippen LogP contribution in [0.4, 0.5) is 0 Å². The Morgan fingerprint density at radius 3 is 2.94 bits per heavy atom. The molecule has 0 saturated carbocycles. The van der Waals surface area contributed by atoms with Gasteiger partial charge < -0.3 is 10.1 Å². The van der Waals surface area contributed by atoms with Gasteiger partial charge in [-0.3, -0.25) is 4.68 Å². The van der Waals surface area contributed by atoms with Crippen LogP contribution in [0.3, 0.4) is 0 Å². The highest BCUT2D eigenvalue weighted by Gasteiger charge is 2.22. The van der Waals surface area contributed by atoms with Gasteiger partial charge in [0, 0.05) is 11.4 Å². The first-order valence-electron chi connectivity index (χ1n) is 5.62. The molecule has 0 aliphatic heterocycles. The molecule has 0 saturated heterocycles. The minimum atomic E-state index is 0.132. The summed E-state index contributed by atoms with van der Waals surface area (Å²) in [4.78, 5) is 1.26. The van der Waals surface area contributed by atoms with Gasteiger partial charge in [0.1, 0.15) is 5.69 Å². The lowest BCUT2D eigenvalue weighted by atomic mass is 10.1. The fourth-order valence-corrected chi connectivity index (χ4v) is 2.78. The Morgan fingerprint density at radius 1 is 1.59 bits per heavy atom. The van der Waals surface area contributed by atoms with Gasteiger partial charge in [-0.1, -0.05) is 6.07 Å². The molecule has 0 fully saturated rings. The van der Waals surface area contributed by atoms with Crippen molar-refractivity contribution >= 4 is 11.3 Å². The van der Waals surface area contributed by atoms with Gasteiger partial charge in [-0.15, -0.1) is 11.3 Å². The summed E-state index contributed by atoms with van der Waals surface area (Å²) in [5.74, 6) is 0.833. The number of hydrogen-bond donors (Lipinski definition) is 1. The molecule has 2 aromatic heterocycles. The number of thiophene rings is 1. The standard InChI is InChI=1S/C12H17N3OS/c1-4-15-12(9(16-3)8-14-15)11(13-2)10-6-5-7-17-10/h5-8,11,13H,4H2,1-3H3. The number of nitrogens with one attached hydrogen (secondary N) is 1. The highest BCUT2D eigenvalue weighted by Crippen LogP contribution is 2.31. The molecule has 0 radical (unpaired) electrons. The summed E-state index contributed by atoms with van der Waals surface area (Å²) in [5, 5.41) is 9.75. The molecule has 1 unspecified atom stereocenters. The number of methoxy groups -OCH3 is 1. The predicted molar refractivity (Wildman–Crippen MR) is 69.7 cm³/mol. The third kappa shape index (κ3) is 2.21. The fourth-order valence-electron chi connectivity index (χ4n) is 1.95. The molecule has 0 aromatic carbocycles. The molecule has 0 aliphatic carbocycles. The van der Waals surface area contributed by atoms with Gasteiger partial charge >= 0.3 is 0 Å². The van der Waals surface area contributed by atoms with Gasteiger partial charge in [0.2, 0.25) is 0 Å². The van der Waals surface area contributed by atoms with Crippen molar-refractivity contribution in [2.24, 2.45) is 0 Å². The van der Waals surface area contributed by atoms with Crippen molar-refractivity contribution in [3.63, 3.8) is 0 Å². The van der Waals surface area contributed by atoms with Gasteiger partial charge in [0.25, 0.3) is 0 Å². The van der Waals surface area contributed by atoms with E-state index in [1.54, 1.807) is 24.6 Å². The Balaban J connectivity index is 2.46. The molecule has 4 nitrogen and oxygen atoms in total. The monoisotopic (exact) mass is 251 g/mol. The van der Waals surface area contributed by atoms with E-state index in [1.807, 2.05) is 11.7 Å². The summed E-state index contributed by atoms with van der Waals surface area (Å²) in [6.07, 6.45) is 1.77. The van der Waals surface area contributed by atoms with Gasteiger partial charge in [-0.2, -0.15) is 5.10 Å². The topological polar surface area (TPSA) is 39.1 Å². The molecule has 2 heterocycles. The maximum absolute atomic E-state index is 5.39. The SMILES string of the molecule is CCn1ncc(OC)c1C(NC)c1cccs1. The predicted octanol–water partition coefficient (Wildman–Crippen LogP) is 2.28. The fraction of sp³-hybridized carbons (Fsp3) is 0.417. The second-order valence-corrected chi connectivity index (χ2v) is 4.63. The normalized spacial score (nSPS) is 12.6. The second-order valence-electron chi connectivity index (χ2n) is 3.65. The number of aromatic nitrogens is 2. The number of rotatable bonds is 5. The number of hydrogen-bond acceptors (Lipinski definition) is 4. The second kappa shape index (κ2) is 5.33. The van der Waals surface area contributed by atoms with Crippen molar-refractivity contribution in [3.8, 4) is 5.75 Å². The van der Waals surface area contributed by atoms with Crippen molar-refractivity contribution in [2.45, 2.75) is 19.5 Å². The summed E-state index contributed by atoms with van der Waals surface area (Å²) in [6.45, 7) is 2.92. The van der Waals surface area contributed by atoms with Crippen LogP contribution in [0.15, 0.2) is 23.7 Å². The molecule has 5 heteroatoms. The molecular formula is C12H17N3OS. The number of aryl methyl sites for hydroxylation is 1. The smallest absolute Gasteiger partial charge is 0.161 e. The molecule has 0 spiro atoms. The first-order chi connectivity index (χ1) is 8.31. The van der Waals surface area contributed by atoms with E-state index in [0.717, 1.165) is 18.0 Å². The minimum absolute atomic E-state index is 0.132. The summed E-state index contributed by atoms with van der Waals surface area (Å²) in [5.41, 5.74) is 1.08. The first-order valence-corrected chi connectivity index (χ1v) is 6.50. The third-order valence-corrected chi connectivity index (χ3v) is 3.69. The largest absolute Gasteiger partial charge is 0.493 e. The van der Waals surface area contributed by atoms with Crippen molar-refractivity contribution in [3.05, 3.63) is 34.3 Å². The zero-order chi connectivity index (χ0) is 12.3. The highest BCUT2D eigenvalue weighted by atomic mass is 32.1. The Hall–Kier alpha value is -1.33. The molecule has 1 N–H and O–H groups in total. The van der Waals surface area contributed by atoms with Gasteiger partial charge in [-0.05, 0) is 25.4 Å². The van der Waals surface area contributed by atoms with Crippen LogP contribution in [0.25, 0.3) is 0 Å². The lowest BCUT2D eigenvalue weighted by Gasteiger charge is -2.17. The zero-order valence-electron chi connectivity index (χ0n) is 10.3. The molecule has 0 bridgehead atoms. The van der Waals surface area contributed by atoms with Crippen molar-refractivity contribution in [2.75, 3.05) is 14.2 Å². The quantitative estimate of drug-likeness (QED) is 0.886. The van der Waals surface area contributed by atoms with E-state index in [1.165, 1.54) is 4.88 Å². The lowest BCUT2D eigenvalue weighted by molar-refractivity contribution is 0.401. The van der Waals surface area contributed by atoms with Crippen LogP contribution in [0.5, 0.6) is 5.75 Å². The molecule has 0 aliphatic rings. The number of nitrogens with zero attached hydrogens (tertiary/aromatic N) is 2. The van der Waals surface area contributed by atoms with Gasteiger partial charge in [-0.25, -0.2) is 0 Å². The van der Waals surface area contributed by atoms with E-state index in [9.17, 15) is 0 Å². The Labute approximate surface area is 105 Å². The lowest BCUT2D eigenvalue weighted by Crippen LogP contribution is -2.21. The number of ether oxygens (including phenoxy) is 1. The average molecular weight is 251 g/mol. The highest BCUT2D eigenvalue weighted by molar-refractivity contribution is 7.10. The summed E-state index contributed by atoms with van der Waals surface area (Å²) < 4.78 is 7.36. The van der Waals surface area contributed by atoms with Crippen LogP contribution in [-0.2, 0) is 6.54 Å². The van der Waals surface area contributed by atoms with Crippen LogP contribution in [0.1, 0.15) is 23.5 Å². The summed E-state index contributed by atoms with van der Waals surface area (Å²) in [6, 6.07) is 4.31. The van der Waals surface area contributed by atoms with E-state index in [-0.39, 0.29) is 6.04 Å². The first kappa shape index (κ1) is 12.1. The third-order valence-electron chi connectivity index (χ3n) is 2.75. The summed E-state index contributed by atoms with van der Waals surface area (Å²) >= 11 is 1.73. The maximum atomic E-state index is 5.39. The van der Waals surface area contributed by atoms with Crippen LogP contribution in [0, 0.1) is 0 Å². The van der Waals surface area contributed by atoms with E-state index >= 15 is 0 Å². The zero-order valence-corrected chi connectivity index (χ0v) is 11.1. The molecule has 0 amide bonds. The van der Waals surface area contributed by atoms with Crippen LogP contribution >= 0.6 is 11.3 Å². The minimum Gasteiger partial charge on any atom is -0.493 e. The summed E-state index contributed by atoms with van der Waals surface area (Å²) in [7, 11) is 3.64. The van der Waals surface area contributed by atoms with Crippen LogP contribution in [0.2, 0.25) is 0 Å². The molecule has 2 rings (SSSR count). The van der Waals surface area contributed by atoms with Gasteiger partial charge in [0.15, 0.2) is 5.75 Å². The average Bonchev–Trinajstić information content (AvgIpc) is 2.99. The Morgan fingerprint density at radius 2 is 2.41 bits per heavy atom. The van der Waals surface area contributed by atoms with E-state index < -0.39 is 0 Å². The van der Waals surface area contributed by atoms with E-state index in [2.05, 4.69) is 34.9 Å². The van der Waals surface area contributed by atoms with Crippen LogP contribution in [-0.4, -0.2) is 23.9 Å². The molecule has 1 atom stereocenters. The molecular weight excluding hydrogens is 234 g/mol. The van der Waals surface area contributed by atoms with E-state index in [0.29, 0.717) is 0 Å².